The molecule has 0 bridgehead atoms. The van der Waals surface area contributed by atoms with Gasteiger partial charge in [-0.1, -0.05) is 47.3 Å². The largest absolute Gasteiger partial charge is 0.490 e. The van der Waals surface area contributed by atoms with E-state index in [0.717, 1.165) is 25.5 Å². The van der Waals surface area contributed by atoms with Gasteiger partial charge in [0.1, 0.15) is 12.3 Å². The molecular weight excluding hydrogens is 572 g/mol. The van der Waals surface area contributed by atoms with E-state index in [1.165, 1.54) is 11.8 Å². The Balaban J connectivity index is 1.91. The SMILES string of the molecule is C=CCOc1c(Br)cc(C2N=c3ccc(Br)cc3=C3C(=O)NC(SCC)=NN32)cc1OCC. The van der Waals surface area contributed by atoms with Gasteiger partial charge >= 0.3 is 0 Å². The molecule has 1 amide bonds. The van der Waals surface area contributed by atoms with Crippen molar-refractivity contribution >= 4 is 60.4 Å². The van der Waals surface area contributed by atoms with Gasteiger partial charge in [-0.05, 0) is 58.9 Å². The number of rotatable bonds is 7. The highest BCUT2D eigenvalue weighted by molar-refractivity contribution is 9.10. The number of hydrazone groups is 1. The number of halogens is 2. The molecule has 2 aromatic carbocycles. The molecule has 0 radical (unpaired) electrons. The van der Waals surface area contributed by atoms with E-state index in [1.807, 2.05) is 44.2 Å². The molecule has 0 aliphatic carbocycles. The maximum Gasteiger partial charge on any atom is 0.276 e. The maximum absolute atomic E-state index is 13.2. The van der Waals surface area contributed by atoms with Crippen LogP contribution in [0.5, 0.6) is 11.5 Å². The number of nitrogens with one attached hydrogen (secondary N) is 1. The molecule has 172 valence electrons. The van der Waals surface area contributed by atoms with Crippen LogP contribution in [0.2, 0.25) is 0 Å². The van der Waals surface area contributed by atoms with Crippen molar-refractivity contribution in [3.8, 4) is 11.5 Å². The lowest BCUT2D eigenvalue weighted by Crippen LogP contribution is -2.50. The number of carbonyl (C=O) groups is 1. The summed E-state index contributed by atoms with van der Waals surface area (Å²) in [7, 11) is 0. The first kappa shape index (κ1) is 23.8. The fraction of sp³-hybridized carbons (Fsp3) is 0.261. The molecule has 1 N–H and O–H groups in total. The first-order valence-corrected chi connectivity index (χ1v) is 12.9. The highest BCUT2D eigenvalue weighted by Gasteiger charge is 2.35. The average molecular weight is 594 g/mol. The summed E-state index contributed by atoms with van der Waals surface area (Å²) in [5.41, 5.74) is 1.26. The number of thioether (sulfide) groups is 1. The molecule has 7 nitrogen and oxygen atoms in total. The first-order chi connectivity index (χ1) is 16.0. The standard InChI is InChI=1S/C23H22Br2N4O3S/c1-4-9-32-20-16(25)10-13(11-18(20)31-5-2)21-26-17-8-7-14(24)12-15(17)19-22(30)27-23(33-6-3)28-29(19)21/h4,7-8,10-12,21H,1,5-6,9H2,2-3H3,(H,27,28,30). The van der Waals surface area contributed by atoms with Crippen LogP contribution in [0.15, 0.2) is 62.0 Å². The van der Waals surface area contributed by atoms with E-state index in [0.29, 0.717) is 40.9 Å². The number of amides is 1. The molecule has 0 spiro atoms. The average Bonchev–Trinajstić information content (AvgIpc) is 2.78. The molecule has 4 rings (SSSR count). The first-order valence-electron chi connectivity index (χ1n) is 10.4. The van der Waals surface area contributed by atoms with Gasteiger partial charge in [-0.25, -0.2) is 5.01 Å². The van der Waals surface area contributed by atoms with Crippen LogP contribution in [0.1, 0.15) is 25.6 Å². The molecule has 2 aliphatic heterocycles. The Morgan fingerprint density at radius 3 is 2.79 bits per heavy atom. The number of hydrogen-bond acceptors (Lipinski definition) is 7. The third kappa shape index (κ3) is 4.83. The van der Waals surface area contributed by atoms with E-state index in [1.54, 1.807) is 11.1 Å². The number of hydrogen-bond donors (Lipinski definition) is 1. The molecule has 1 unspecified atom stereocenters. The minimum atomic E-state index is -0.559. The van der Waals surface area contributed by atoms with Gasteiger partial charge in [0, 0.05) is 15.3 Å². The van der Waals surface area contributed by atoms with Crippen molar-refractivity contribution in [3.63, 3.8) is 0 Å². The lowest BCUT2D eigenvalue weighted by atomic mass is 10.1. The molecule has 0 saturated carbocycles. The fourth-order valence-electron chi connectivity index (χ4n) is 3.55. The van der Waals surface area contributed by atoms with E-state index in [9.17, 15) is 4.79 Å². The number of benzene rings is 2. The second-order valence-electron chi connectivity index (χ2n) is 7.01. The van der Waals surface area contributed by atoms with Crippen LogP contribution in [0.25, 0.3) is 5.70 Å². The maximum atomic E-state index is 13.2. The summed E-state index contributed by atoms with van der Waals surface area (Å²) < 4.78 is 13.3. The summed E-state index contributed by atoms with van der Waals surface area (Å²) in [6.45, 7) is 8.45. The summed E-state index contributed by atoms with van der Waals surface area (Å²) in [4.78, 5) is 18.1. The van der Waals surface area contributed by atoms with Crippen LogP contribution in [0.3, 0.4) is 0 Å². The number of nitrogens with zero attached hydrogens (tertiary/aromatic N) is 3. The Morgan fingerprint density at radius 2 is 2.06 bits per heavy atom. The van der Waals surface area contributed by atoms with Gasteiger partial charge < -0.3 is 9.47 Å². The second-order valence-corrected chi connectivity index (χ2v) is 10.0. The molecule has 2 heterocycles. The van der Waals surface area contributed by atoms with E-state index in [2.05, 4.69) is 43.8 Å². The van der Waals surface area contributed by atoms with Crippen LogP contribution >= 0.6 is 43.6 Å². The van der Waals surface area contributed by atoms with Crippen molar-refractivity contribution < 1.29 is 14.3 Å². The lowest BCUT2D eigenvalue weighted by molar-refractivity contribution is -0.116. The third-order valence-corrected chi connectivity index (χ3v) is 6.65. The van der Waals surface area contributed by atoms with Gasteiger partial charge in [-0.2, -0.15) is 0 Å². The van der Waals surface area contributed by atoms with Crippen LogP contribution in [0, 0.1) is 0 Å². The van der Waals surface area contributed by atoms with Crippen LogP contribution in [0.4, 0.5) is 0 Å². The van der Waals surface area contributed by atoms with Crippen molar-refractivity contribution in [1.82, 2.24) is 10.3 Å². The van der Waals surface area contributed by atoms with Gasteiger partial charge in [-0.15, -0.1) is 5.10 Å². The van der Waals surface area contributed by atoms with Crippen molar-refractivity contribution in [3.05, 3.63) is 68.1 Å². The van der Waals surface area contributed by atoms with Crippen LogP contribution in [-0.4, -0.2) is 35.1 Å². The smallest absolute Gasteiger partial charge is 0.276 e. The summed E-state index contributed by atoms with van der Waals surface area (Å²) in [5, 5.41) is 11.3. The lowest BCUT2D eigenvalue weighted by Gasteiger charge is -2.34. The van der Waals surface area contributed by atoms with Crippen molar-refractivity contribution in [1.29, 1.82) is 0 Å². The number of carbonyl (C=O) groups excluding carboxylic acids is 1. The van der Waals surface area contributed by atoms with Crippen molar-refractivity contribution in [2.75, 3.05) is 19.0 Å². The van der Waals surface area contributed by atoms with E-state index in [4.69, 9.17) is 19.6 Å². The highest BCUT2D eigenvalue weighted by atomic mass is 79.9. The molecule has 0 fully saturated rings. The second kappa shape index (κ2) is 10.3. The van der Waals surface area contributed by atoms with Crippen molar-refractivity contribution in [2.45, 2.75) is 20.0 Å². The predicted octanol–water partition coefficient (Wildman–Crippen LogP) is 4.07. The zero-order valence-corrected chi connectivity index (χ0v) is 22.1. The van der Waals surface area contributed by atoms with Crippen molar-refractivity contribution in [2.24, 2.45) is 10.1 Å². The van der Waals surface area contributed by atoms with Gasteiger partial charge in [0.05, 0.1) is 16.4 Å². The predicted molar refractivity (Wildman–Crippen MR) is 138 cm³/mol. The van der Waals surface area contributed by atoms with Gasteiger partial charge in [-0.3, -0.25) is 15.1 Å². The zero-order chi connectivity index (χ0) is 23.5. The zero-order valence-electron chi connectivity index (χ0n) is 18.1. The van der Waals surface area contributed by atoms with E-state index < -0.39 is 6.17 Å². The summed E-state index contributed by atoms with van der Waals surface area (Å²) >= 11 is 8.58. The van der Waals surface area contributed by atoms with Crippen LogP contribution < -0.4 is 25.4 Å². The number of amidine groups is 1. The van der Waals surface area contributed by atoms with Gasteiger partial charge in [0.2, 0.25) is 0 Å². The summed E-state index contributed by atoms with van der Waals surface area (Å²) in [6.07, 6.45) is 1.12. The molecule has 33 heavy (non-hydrogen) atoms. The van der Waals surface area contributed by atoms with Crippen LogP contribution in [-0.2, 0) is 4.79 Å². The quantitative estimate of drug-likeness (QED) is 0.490. The highest BCUT2D eigenvalue weighted by Crippen LogP contribution is 2.41. The Labute approximate surface area is 212 Å². The molecular formula is C23H22Br2N4O3S. The minimum Gasteiger partial charge on any atom is -0.490 e. The topological polar surface area (TPSA) is 75.5 Å². The molecule has 2 aromatic rings. The number of ether oxygens (including phenoxy) is 2. The fourth-order valence-corrected chi connectivity index (χ4v) is 5.07. The molecule has 2 aliphatic rings. The molecule has 0 aromatic heterocycles. The molecule has 0 saturated heterocycles. The van der Waals surface area contributed by atoms with Gasteiger partial charge in [0.25, 0.3) is 5.91 Å². The normalized spacial score (nSPS) is 16.8. The minimum absolute atomic E-state index is 0.213. The van der Waals surface area contributed by atoms with E-state index in [-0.39, 0.29) is 5.91 Å². The monoisotopic (exact) mass is 592 g/mol. The Kier molecular flexibility index (Phi) is 7.45. The Morgan fingerprint density at radius 1 is 1.24 bits per heavy atom. The summed E-state index contributed by atoms with van der Waals surface area (Å²) in [6, 6.07) is 9.50. The third-order valence-electron chi connectivity index (χ3n) is 4.83. The van der Waals surface area contributed by atoms with E-state index >= 15 is 0 Å². The Bertz CT molecular complexity index is 1270. The molecule has 1 atom stereocenters. The van der Waals surface area contributed by atoms with Gasteiger partial charge in [0.15, 0.2) is 22.8 Å². The number of fused-ring (bicyclic) bond motifs is 2. The Hall–Kier alpha value is -2.30. The summed E-state index contributed by atoms with van der Waals surface area (Å²) in [5.74, 6) is 1.74. The molecule has 10 heteroatoms.